The molecule has 2 aromatic rings. The van der Waals surface area contributed by atoms with Crippen LogP contribution in [0.15, 0.2) is 17.1 Å². The number of ether oxygens (including phenoxy) is 3. The zero-order valence-corrected chi connectivity index (χ0v) is 17.4. The van der Waals surface area contributed by atoms with Crippen molar-refractivity contribution in [3.8, 4) is 17.2 Å². The summed E-state index contributed by atoms with van der Waals surface area (Å²) >= 11 is 1.68. The van der Waals surface area contributed by atoms with Crippen molar-refractivity contribution in [3.63, 3.8) is 0 Å². The summed E-state index contributed by atoms with van der Waals surface area (Å²) in [5, 5.41) is 7.46. The first-order chi connectivity index (χ1) is 14.0. The topological polar surface area (TPSA) is 77.0 Å². The van der Waals surface area contributed by atoms with Gasteiger partial charge in [0.15, 0.2) is 17.5 Å². The number of nitrogens with zero attached hydrogens (tertiary/aromatic N) is 2. The highest BCUT2D eigenvalue weighted by Crippen LogP contribution is 2.39. The average molecular weight is 426 g/mol. The molecule has 1 aromatic heterocycles. The summed E-state index contributed by atoms with van der Waals surface area (Å²) in [6, 6.07) is 3.03. The Morgan fingerprint density at radius 3 is 2.69 bits per heavy atom. The Hall–Kier alpha value is -2.62. The smallest absolute Gasteiger partial charge is 0.387 e. The van der Waals surface area contributed by atoms with Gasteiger partial charge in [-0.2, -0.15) is 8.78 Å². The third-order valence-electron chi connectivity index (χ3n) is 4.17. The Morgan fingerprint density at radius 2 is 2.03 bits per heavy atom. The minimum Gasteiger partial charge on any atom is -0.454 e. The third-order valence-corrected chi connectivity index (χ3v) is 5.30. The number of rotatable bonds is 8. The lowest BCUT2D eigenvalue weighted by Crippen LogP contribution is -2.38. The van der Waals surface area contributed by atoms with E-state index in [1.807, 2.05) is 20.8 Å². The van der Waals surface area contributed by atoms with E-state index in [2.05, 4.69) is 25.3 Å². The predicted octanol–water partition coefficient (Wildman–Crippen LogP) is 3.39. The highest BCUT2D eigenvalue weighted by Gasteiger charge is 2.20. The van der Waals surface area contributed by atoms with Gasteiger partial charge in [-0.05, 0) is 26.8 Å². The van der Waals surface area contributed by atoms with Gasteiger partial charge in [0.2, 0.25) is 6.79 Å². The van der Waals surface area contributed by atoms with Crippen molar-refractivity contribution in [2.75, 3.05) is 19.9 Å². The second-order valence-corrected chi connectivity index (χ2v) is 7.59. The molecule has 10 heteroatoms. The molecule has 2 heterocycles. The molecule has 0 fully saturated rings. The van der Waals surface area contributed by atoms with Crippen LogP contribution in [0.5, 0.6) is 17.2 Å². The summed E-state index contributed by atoms with van der Waals surface area (Å²) in [5.74, 6) is 1.49. The molecule has 0 radical (unpaired) electrons. The standard InChI is InChI=1S/C19H24F2N4O3S/c1-4-22-19(23-6-5-17-11(2)25-12(3)29-17)24-9-13-7-15-16(27-10-26-15)8-14(13)28-18(20)21/h7-8,18H,4-6,9-10H2,1-3H3,(H2,22,23,24). The molecule has 0 amide bonds. The molecule has 1 aliphatic heterocycles. The summed E-state index contributed by atoms with van der Waals surface area (Å²) in [6.45, 7) is 4.56. The summed E-state index contributed by atoms with van der Waals surface area (Å²) < 4.78 is 40.7. The number of hydrogen-bond donors (Lipinski definition) is 2. The normalized spacial score (nSPS) is 13.1. The van der Waals surface area contributed by atoms with Gasteiger partial charge in [-0.1, -0.05) is 0 Å². The first kappa shape index (κ1) is 21.1. The molecule has 0 saturated carbocycles. The fraction of sp³-hybridized carbons (Fsp3) is 0.474. The first-order valence-electron chi connectivity index (χ1n) is 9.28. The third kappa shape index (κ3) is 5.69. The molecule has 7 nitrogen and oxygen atoms in total. The number of benzene rings is 1. The van der Waals surface area contributed by atoms with E-state index in [1.54, 1.807) is 17.4 Å². The van der Waals surface area contributed by atoms with Crippen LogP contribution in [0, 0.1) is 13.8 Å². The van der Waals surface area contributed by atoms with Gasteiger partial charge < -0.3 is 24.8 Å². The fourth-order valence-corrected chi connectivity index (χ4v) is 3.84. The number of fused-ring (bicyclic) bond motifs is 1. The maximum atomic E-state index is 12.8. The van der Waals surface area contributed by atoms with Crippen molar-refractivity contribution in [2.24, 2.45) is 4.99 Å². The van der Waals surface area contributed by atoms with Crippen LogP contribution in [0.3, 0.4) is 0 Å². The van der Waals surface area contributed by atoms with E-state index in [1.165, 1.54) is 10.9 Å². The zero-order chi connectivity index (χ0) is 20.8. The van der Waals surface area contributed by atoms with Gasteiger partial charge in [0.25, 0.3) is 0 Å². The lowest BCUT2D eigenvalue weighted by Gasteiger charge is -2.13. The van der Waals surface area contributed by atoms with Crippen molar-refractivity contribution in [1.82, 2.24) is 15.6 Å². The lowest BCUT2D eigenvalue weighted by molar-refractivity contribution is -0.0505. The Labute approximate surface area is 172 Å². The van der Waals surface area contributed by atoms with Crippen molar-refractivity contribution in [1.29, 1.82) is 0 Å². The van der Waals surface area contributed by atoms with E-state index in [0.29, 0.717) is 36.1 Å². The maximum absolute atomic E-state index is 12.8. The van der Waals surface area contributed by atoms with E-state index in [9.17, 15) is 8.78 Å². The highest BCUT2D eigenvalue weighted by atomic mass is 32.1. The van der Waals surface area contributed by atoms with Gasteiger partial charge in [-0.3, -0.25) is 0 Å². The second-order valence-electron chi connectivity index (χ2n) is 6.31. The van der Waals surface area contributed by atoms with Crippen LogP contribution in [-0.2, 0) is 13.0 Å². The van der Waals surface area contributed by atoms with E-state index >= 15 is 0 Å². The SMILES string of the molecule is CCNC(=NCc1cc2c(cc1OC(F)F)OCO2)NCCc1sc(C)nc1C. The quantitative estimate of drug-likeness (QED) is 0.498. The molecule has 1 aliphatic rings. The van der Waals surface area contributed by atoms with Crippen LogP contribution >= 0.6 is 11.3 Å². The highest BCUT2D eigenvalue weighted by molar-refractivity contribution is 7.11. The zero-order valence-electron chi connectivity index (χ0n) is 16.6. The molecule has 0 bridgehead atoms. The number of thiazole rings is 1. The Kier molecular flexibility index (Phi) is 7.08. The van der Waals surface area contributed by atoms with E-state index in [4.69, 9.17) is 9.47 Å². The van der Waals surface area contributed by atoms with Crippen LogP contribution < -0.4 is 24.8 Å². The van der Waals surface area contributed by atoms with Crippen LogP contribution in [0.25, 0.3) is 0 Å². The second kappa shape index (κ2) is 9.73. The van der Waals surface area contributed by atoms with Gasteiger partial charge in [-0.25, -0.2) is 9.98 Å². The molecule has 0 atom stereocenters. The summed E-state index contributed by atoms with van der Waals surface area (Å²) in [6.07, 6.45) is 0.825. The average Bonchev–Trinajstić information content (AvgIpc) is 3.24. The van der Waals surface area contributed by atoms with Gasteiger partial charge in [0, 0.05) is 36.0 Å². The molecule has 29 heavy (non-hydrogen) atoms. The molecule has 0 saturated heterocycles. The molecule has 3 rings (SSSR count). The number of halogens is 2. The predicted molar refractivity (Wildman–Crippen MR) is 107 cm³/mol. The van der Waals surface area contributed by atoms with Crippen LogP contribution in [0.4, 0.5) is 8.78 Å². The van der Waals surface area contributed by atoms with Gasteiger partial charge >= 0.3 is 6.61 Å². The summed E-state index contributed by atoms with van der Waals surface area (Å²) in [4.78, 5) is 10.2. The lowest BCUT2D eigenvalue weighted by atomic mass is 10.1. The fourth-order valence-electron chi connectivity index (χ4n) is 2.90. The minimum absolute atomic E-state index is 0.0274. The largest absolute Gasteiger partial charge is 0.454 e. The summed E-state index contributed by atoms with van der Waals surface area (Å²) in [5.41, 5.74) is 1.53. The Morgan fingerprint density at radius 1 is 1.28 bits per heavy atom. The van der Waals surface area contributed by atoms with Crippen molar-refractivity contribution >= 4 is 17.3 Å². The van der Waals surface area contributed by atoms with Gasteiger partial charge in [0.05, 0.1) is 17.2 Å². The van der Waals surface area contributed by atoms with E-state index in [-0.39, 0.29) is 19.1 Å². The van der Waals surface area contributed by atoms with Crippen molar-refractivity contribution < 1.29 is 23.0 Å². The molecule has 0 aliphatic carbocycles. The number of aromatic nitrogens is 1. The molecule has 2 N–H and O–H groups in total. The van der Waals surface area contributed by atoms with Gasteiger partial charge in [0.1, 0.15) is 5.75 Å². The molecule has 158 valence electrons. The van der Waals surface area contributed by atoms with Crippen molar-refractivity contribution in [2.45, 2.75) is 40.3 Å². The first-order valence-corrected chi connectivity index (χ1v) is 10.1. The van der Waals surface area contributed by atoms with E-state index < -0.39 is 6.61 Å². The molecular weight excluding hydrogens is 402 g/mol. The van der Waals surface area contributed by atoms with Crippen LogP contribution in [0.2, 0.25) is 0 Å². The van der Waals surface area contributed by atoms with Crippen LogP contribution in [-0.4, -0.2) is 37.4 Å². The van der Waals surface area contributed by atoms with E-state index in [0.717, 1.165) is 17.1 Å². The van der Waals surface area contributed by atoms with Crippen LogP contribution in [0.1, 0.15) is 28.1 Å². The Balaban J connectivity index is 1.68. The number of aliphatic imine (C=N–C) groups is 1. The minimum atomic E-state index is -2.93. The molecule has 0 spiro atoms. The Bertz CT molecular complexity index is 873. The maximum Gasteiger partial charge on any atom is 0.387 e. The number of alkyl halides is 2. The van der Waals surface area contributed by atoms with Gasteiger partial charge in [-0.15, -0.1) is 11.3 Å². The number of guanidine groups is 1. The van der Waals surface area contributed by atoms with Crippen molar-refractivity contribution in [3.05, 3.63) is 33.3 Å². The number of aryl methyl sites for hydroxylation is 2. The summed E-state index contributed by atoms with van der Waals surface area (Å²) in [7, 11) is 0. The molecular formula is C19H24F2N4O3S. The molecule has 0 unspecified atom stereocenters. The number of nitrogens with one attached hydrogen (secondary N) is 2. The molecule has 1 aromatic carbocycles. The number of hydrogen-bond acceptors (Lipinski definition) is 6. The monoisotopic (exact) mass is 426 g/mol.